The highest BCUT2D eigenvalue weighted by molar-refractivity contribution is 5.73. The second kappa shape index (κ2) is 11.1. The Morgan fingerprint density at radius 2 is 1.49 bits per heavy atom. The minimum atomic E-state index is -1.84. The second-order valence-electron chi connectivity index (χ2n) is 9.02. The second-order valence-corrected chi connectivity index (χ2v) is 9.02. The first-order valence-electron chi connectivity index (χ1n) is 11.3. The molecule has 0 aliphatic carbocycles. The molecule has 2 aromatic rings. The fraction of sp³-hybridized carbons (Fsp3) is 0.480. The van der Waals surface area contributed by atoms with E-state index in [1.54, 1.807) is 24.3 Å². The summed E-state index contributed by atoms with van der Waals surface area (Å²) in [5.74, 6) is -0.914. The monoisotopic (exact) mass is 492 g/mol. The van der Waals surface area contributed by atoms with Crippen LogP contribution in [-0.2, 0) is 22.4 Å². The van der Waals surface area contributed by atoms with Crippen LogP contribution in [0.5, 0.6) is 23.0 Å². The molecule has 10 nitrogen and oxygen atoms in total. The van der Waals surface area contributed by atoms with Gasteiger partial charge in [0.25, 0.3) is 0 Å². The maximum Gasteiger partial charge on any atom is 0.335 e. The maximum atomic E-state index is 11.3. The Morgan fingerprint density at radius 1 is 0.886 bits per heavy atom. The summed E-state index contributed by atoms with van der Waals surface area (Å²) < 4.78 is 15.7. The lowest BCUT2D eigenvalue weighted by molar-refractivity contribution is -0.271. The van der Waals surface area contributed by atoms with E-state index in [2.05, 4.69) is 13.8 Å². The van der Waals surface area contributed by atoms with Crippen molar-refractivity contribution in [3.8, 4) is 23.0 Å². The Hall–Kier alpha value is -3.05. The predicted molar refractivity (Wildman–Crippen MR) is 123 cm³/mol. The number of aliphatic carboxylic acids is 1. The Bertz CT molecular complexity index is 1030. The van der Waals surface area contributed by atoms with Crippen LogP contribution in [0, 0.1) is 11.8 Å². The fourth-order valence-electron chi connectivity index (χ4n) is 4.06. The number of aromatic hydroxyl groups is 2. The van der Waals surface area contributed by atoms with E-state index in [0.29, 0.717) is 12.2 Å². The first-order chi connectivity index (χ1) is 16.5. The van der Waals surface area contributed by atoms with E-state index in [1.165, 1.54) is 13.2 Å². The van der Waals surface area contributed by atoms with Gasteiger partial charge < -0.3 is 44.8 Å². The lowest BCUT2D eigenvalue weighted by Crippen LogP contribution is -2.61. The highest BCUT2D eigenvalue weighted by Crippen LogP contribution is 2.33. The number of carboxylic acids is 1. The summed E-state index contributed by atoms with van der Waals surface area (Å²) >= 11 is 0. The number of hydrogen-bond acceptors (Lipinski definition) is 9. The van der Waals surface area contributed by atoms with E-state index < -0.39 is 36.7 Å². The number of aliphatic hydroxyl groups excluding tert-OH is 3. The van der Waals surface area contributed by atoms with Gasteiger partial charge in [0, 0.05) is 0 Å². The third-order valence-corrected chi connectivity index (χ3v) is 6.41. The number of rotatable bonds is 9. The average molecular weight is 493 g/mol. The van der Waals surface area contributed by atoms with Gasteiger partial charge in [0.1, 0.15) is 18.3 Å². The molecule has 6 N–H and O–H groups in total. The van der Waals surface area contributed by atoms with Crippen molar-refractivity contribution in [2.45, 2.75) is 57.4 Å². The van der Waals surface area contributed by atoms with Crippen molar-refractivity contribution < 1.29 is 49.6 Å². The lowest BCUT2D eigenvalue weighted by atomic mass is 9.85. The van der Waals surface area contributed by atoms with Crippen molar-refractivity contribution in [2.75, 3.05) is 7.11 Å². The number of methoxy groups -OCH3 is 1. The van der Waals surface area contributed by atoms with E-state index in [1.807, 2.05) is 6.07 Å². The van der Waals surface area contributed by atoms with Gasteiger partial charge in [0.2, 0.25) is 6.29 Å². The molecule has 1 aliphatic rings. The lowest BCUT2D eigenvalue weighted by Gasteiger charge is -2.38. The molecule has 3 rings (SSSR count). The van der Waals surface area contributed by atoms with Crippen molar-refractivity contribution in [1.82, 2.24) is 0 Å². The van der Waals surface area contributed by atoms with Gasteiger partial charge in [0.15, 0.2) is 29.1 Å². The summed E-state index contributed by atoms with van der Waals surface area (Å²) in [6, 6.07) is 10.00. The Labute approximate surface area is 202 Å². The molecule has 0 radical (unpaired) electrons. The van der Waals surface area contributed by atoms with E-state index in [-0.39, 0.29) is 29.1 Å². The zero-order valence-electron chi connectivity index (χ0n) is 19.7. The van der Waals surface area contributed by atoms with Crippen molar-refractivity contribution in [1.29, 1.82) is 0 Å². The average Bonchev–Trinajstić information content (AvgIpc) is 2.81. The van der Waals surface area contributed by atoms with Crippen molar-refractivity contribution in [3.05, 3.63) is 47.5 Å². The van der Waals surface area contributed by atoms with E-state index in [4.69, 9.17) is 14.2 Å². The number of carbonyl (C=O) groups is 1. The van der Waals surface area contributed by atoms with Crippen molar-refractivity contribution >= 4 is 5.97 Å². The molecule has 192 valence electrons. The van der Waals surface area contributed by atoms with Crippen LogP contribution < -0.4 is 9.47 Å². The zero-order valence-corrected chi connectivity index (χ0v) is 19.7. The topological polar surface area (TPSA) is 166 Å². The molecule has 0 saturated carbocycles. The first-order valence-corrected chi connectivity index (χ1v) is 11.3. The predicted octanol–water partition coefficient (Wildman–Crippen LogP) is 1.43. The number of carboxylic acid groups (broad SMARTS) is 1. The van der Waals surface area contributed by atoms with Crippen LogP contribution in [0.2, 0.25) is 0 Å². The Morgan fingerprint density at radius 3 is 2.06 bits per heavy atom. The van der Waals surface area contributed by atoms with Crippen LogP contribution in [0.15, 0.2) is 36.4 Å². The fourth-order valence-corrected chi connectivity index (χ4v) is 4.06. The van der Waals surface area contributed by atoms with Crippen LogP contribution >= 0.6 is 0 Å². The summed E-state index contributed by atoms with van der Waals surface area (Å²) in [7, 11) is 1.49. The molecule has 2 aromatic carbocycles. The molecule has 2 unspecified atom stereocenters. The smallest absolute Gasteiger partial charge is 0.335 e. The maximum absolute atomic E-state index is 11.3. The molecule has 1 aliphatic heterocycles. The van der Waals surface area contributed by atoms with Gasteiger partial charge in [-0.2, -0.15) is 0 Å². The van der Waals surface area contributed by atoms with Gasteiger partial charge in [-0.25, -0.2) is 4.79 Å². The summed E-state index contributed by atoms with van der Waals surface area (Å²) in [6.45, 7) is 4.17. The standard InChI is InChI=1S/C25H32O10/c1-12(8-14-5-7-18(33-3)17(27)10-14)13(2)9-15-4-6-16(26)19(11-15)34-25-22(30)20(28)21(29)23(35-25)24(31)32/h4-7,10-13,20-23,25-30H,8-9H2,1-3H3,(H,31,32)/t12?,13?,20-,21-,22+,23-,25+/m0/s1. The third kappa shape index (κ3) is 6.15. The van der Waals surface area contributed by atoms with Crippen LogP contribution in [0.1, 0.15) is 25.0 Å². The summed E-state index contributed by atoms with van der Waals surface area (Å²) in [5.41, 5.74) is 1.78. The van der Waals surface area contributed by atoms with Crippen LogP contribution in [-0.4, -0.2) is 74.4 Å². The molecule has 0 aromatic heterocycles. The largest absolute Gasteiger partial charge is 0.504 e. The van der Waals surface area contributed by atoms with Crippen LogP contribution in [0.4, 0.5) is 0 Å². The van der Waals surface area contributed by atoms with E-state index in [0.717, 1.165) is 17.5 Å². The van der Waals surface area contributed by atoms with Gasteiger partial charge in [-0.3, -0.25) is 0 Å². The minimum Gasteiger partial charge on any atom is -0.504 e. The Kier molecular flexibility index (Phi) is 8.44. The number of aliphatic hydroxyl groups is 3. The summed E-state index contributed by atoms with van der Waals surface area (Å²) in [6.07, 6.45) is -7.46. The van der Waals surface area contributed by atoms with Gasteiger partial charge in [-0.15, -0.1) is 0 Å². The van der Waals surface area contributed by atoms with Gasteiger partial charge in [0.05, 0.1) is 7.11 Å². The normalized spacial score (nSPS) is 26.1. The number of ether oxygens (including phenoxy) is 3. The molecule has 1 heterocycles. The molecular formula is C25H32O10. The van der Waals surface area contributed by atoms with Gasteiger partial charge in [-0.1, -0.05) is 26.0 Å². The number of hydrogen-bond donors (Lipinski definition) is 6. The summed E-state index contributed by atoms with van der Waals surface area (Å²) in [5, 5.41) is 59.4. The quantitative estimate of drug-likeness (QED) is 0.301. The molecule has 0 spiro atoms. The van der Waals surface area contributed by atoms with Crippen molar-refractivity contribution in [3.63, 3.8) is 0 Å². The van der Waals surface area contributed by atoms with Crippen molar-refractivity contribution in [2.24, 2.45) is 11.8 Å². The van der Waals surface area contributed by atoms with E-state index >= 15 is 0 Å². The number of benzene rings is 2. The molecule has 0 bridgehead atoms. The van der Waals surface area contributed by atoms with Crippen LogP contribution in [0.3, 0.4) is 0 Å². The molecule has 7 atom stereocenters. The summed E-state index contributed by atoms with van der Waals surface area (Å²) in [4.78, 5) is 11.3. The SMILES string of the molecule is COc1ccc(CC(C)C(C)Cc2ccc(O)c(O[C@@H]3O[C@H](C(=O)O)[C@@H](O)[C@H](O)[C@H]3O)c2)cc1O. The molecule has 1 fully saturated rings. The molecule has 1 saturated heterocycles. The van der Waals surface area contributed by atoms with Gasteiger partial charge >= 0.3 is 5.97 Å². The molecule has 10 heteroatoms. The third-order valence-electron chi connectivity index (χ3n) is 6.41. The molecule has 35 heavy (non-hydrogen) atoms. The minimum absolute atomic E-state index is 0.0563. The molecule has 0 amide bonds. The first kappa shape index (κ1) is 26.6. The number of phenols is 2. The Balaban J connectivity index is 1.68. The van der Waals surface area contributed by atoms with Crippen LogP contribution in [0.25, 0.3) is 0 Å². The highest BCUT2D eigenvalue weighted by Gasteiger charge is 2.48. The highest BCUT2D eigenvalue weighted by atomic mass is 16.7. The molecular weight excluding hydrogens is 460 g/mol. The number of phenolic OH excluding ortho intramolecular Hbond substituents is 2. The van der Waals surface area contributed by atoms with Gasteiger partial charge in [-0.05, 0) is 60.1 Å². The zero-order chi connectivity index (χ0) is 25.9. The van der Waals surface area contributed by atoms with E-state index in [9.17, 15) is 35.4 Å².